The van der Waals surface area contributed by atoms with E-state index in [9.17, 15) is 0 Å². The van der Waals surface area contributed by atoms with Gasteiger partial charge in [-0.1, -0.05) is 11.6 Å². The lowest BCUT2D eigenvalue weighted by atomic mass is 10.4. The van der Waals surface area contributed by atoms with Crippen LogP contribution in [0.15, 0.2) is 15.9 Å². The van der Waals surface area contributed by atoms with Gasteiger partial charge in [0, 0.05) is 23.3 Å². The number of imidazole rings is 1. The summed E-state index contributed by atoms with van der Waals surface area (Å²) in [5.41, 5.74) is 6.37. The summed E-state index contributed by atoms with van der Waals surface area (Å²) < 4.78 is 2.94. The van der Waals surface area contributed by atoms with Crippen LogP contribution in [0, 0.1) is 0 Å². The van der Waals surface area contributed by atoms with Crippen molar-refractivity contribution in [3.63, 3.8) is 0 Å². The van der Waals surface area contributed by atoms with Crippen LogP contribution in [0.4, 0.5) is 0 Å². The fourth-order valence-electron chi connectivity index (χ4n) is 1.47. The molecular formula is C10H11BrClN3S. The second kappa shape index (κ2) is 4.87. The van der Waals surface area contributed by atoms with Crippen LogP contribution in [0.1, 0.15) is 5.82 Å². The minimum absolute atomic E-state index is 0.578. The van der Waals surface area contributed by atoms with E-state index in [-0.39, 0.29) is 0 Å². The molecule has 2 aromatic rings. The Bertz CT molecular complexity index is 506. The highest BCUT2D eigenvalue weighted by Crippen LogP contribution is 2.34. The SMILES string of the molecule is Cn1c(CCN)nc(-c2cc(Br)cs2)c1Cl. The van der Waals surface area contributed by atoms with Crippen molar-refractivity contribution in [2.45, 2.75) is 6.42 Å². The highest BCUT2D eigenvalue weighted by molar-refractivity contribution is 9.10. The van der Waals surface area contributed by atoms with Crippen LogP contribution in [0.25, 0.3) is 10.6 Å². The van der Waals surface area contributed by atoms with Gasteiger partial charge >= 0.3 is 0 Å². The Kier molecular flexibility index (Phi) is 3.69. The van der Waals surface area contributed by atoms with E-state index in [1.54, 1.807) is 11.3 Å². The predicted octanol–water partition coefficient (Wildman–Crippen LogP) is 3.07. The van der Waals surface area contributed by atoms with Crippen LogP contribution >= 0.6 is 38.9 Å². The van der Waals surface area contributed by atoms with Crippen molar-refractivity contribution >= 4 is 38.9 Å². The van der Waals surface area contributed by atoms with Gasteiger partial charge in [0.25, 0.3) is 0 Å². The van der Waals surface area contributed by atoms with Crippen LogP contribution in [-0.4, -0.2) is 16.1 Å². The average Bonchev–Trinajstić information content (AvgIpc) is 2.78. The summed E-state index contributed by atoms with van der Waals surface area (Å²) in [6, 6.07) is 2.02. The number of thiophene rings is 1. The van der Waals surface area contributed by atoms with Gasteiger partial charge < -0.3 is 10.3 Å². The molecule has 3 nitrogen and oxygen atoms in total. The highest BCUT2D eigenvalue weighted by Gasteiger charge is 2.15. The molecular weight excluding hydrogens is 310 g/mol. The molecule has 16 heavy (non-hydrogen) atoms. The fourth-order valence-corrected chi connectivity index (χ4v) is 3.18. The molecule has 0 amide bonds. The minimum atomic E-state index is 0.578. The zero-order chi connectivity index (χ0) is 11.7. The average molecular weight is 321 g/mol. The van der Waals surface area contributed by atoms with Crippen LogP contribution in [0.3, 0.4) is 0 Å². The molecule has 0 aliphatic carbocycles. The third-order valence-corrected chi connectivity index (χ3v) is 4.42. The first-order chi connectivity index (χ1) is 7.63. The first-order valence-corrected chi connectivity index (χ1v) is 6.84. The number of nitrogens with zero attached hydrogens (tertiary/aromatic N) is 2. The summed E-state index contributed by atoms with van der Waals surface area (Å²) in [5.74, 6) is 0.923. The normalized spacial score (nSPS) is 11.0. The van der Waals surface area contributed by atoms with Gasteiger partial charge in [-0.25, -0.2) is 4.98 Å². The van der Waals surface area contributed by atoms with Crippen LogP contribution in [0.5, 0.6) is 0 Å². The first-order valence-electron chi connectivity index (χ1n) is 4.79. The molecule has 0 saturated carbocycles. The number of rotatable bonds is 3. The summed E-state index contributed by atoms with van der Waals surface area (Å²) in [5, 5.41) is 2.68. The molecule has 0 spiro atoms. The van der Waals surface area contributed by atoms with Gasteiger partial charge in [-0.05, 0) is 28.5 Å². The predicted molar refractivity (Wildman–Crippen MR) is 72.0 cm³/mol. The van der Waals surface area contributed by atoms with E-state index in [1.807, 2.05) is 23.1 Å². The molecule has 86 valence electrons. The van der Waals surface area contributed by atoms with Crippen LogP contribution < -0.4 is 5.73 Å². The molecule has 2 rings (SSSR count). The maximum atomic E-state index is 6.24. The molecule has 0 unspecified atom stereocenters. The Morgan fingerprint density at radius 2 is 2.38 bits per heavy atom. The second-order valence-corrected chi connectivity index (χ2v) is 5.58. The van der Waals surface area contributed by atoms with Crippen molar-refractivity contribution in [3.05, 3.63) is 26.9 Å². The van der Waals surface area contributed by atoms with Gasteiger partial charge in [0.05, 0.1) is 4.88 Å². The maximum absolute atomic E-state index is 6.24. The molecule has 6 heteroatoms. The van der Waals surface area contributed by atoms with E-state index in [0.717, 1.165) is 27.3 Å². The summed E-state index contributed by atoms with van der Waals surface area (Å²) in [7, 11) is 1.91. The molecule has 0 aliphatic heterocycles. The zero-order valence-electron chi connectivity index (χ0n) is 8.70. The topological polar surface area (TPSA) is 43.8 Å². The summed E-state index contributed by atoms with van der Waals surface area (Å²) in [4.78, 5) is 5.59. The summed E-state index contributed by atoms with van der Waals surface area (Å²) >= 11 is 11.3. The molecule has 0 aromatic carbocycles. The molecule has 0 aliphatic rings. The van der Waals surface area contributed by atoms with Gasteiger partial charge in [0.2, 0.25) is 0 Å². The van der Waals surface area contributed by atoms with E-state index in [1.165, 1.54) is 0 Å². The molecule has 2 N–H and O–H groups in total. The lowest BCUT2D eigenvalue weighted by Crippen LogP contribution is -2.07. The third kappa shape index (κ3) is 2.18. The van der Waals surface area contributed by atoms with Gasteiger partial charge in [-0.2, -0.15) is 0 Å². The van der Waals surface area contributed by atoms with Gasteiger partial charge in [0.1, 0.15) is 16.7 Å². The van der Waals surface area contributed by atoms with E-state index >= 15 is 0 Å². The largest absolute Gasteiger partial charge is 0.330 e. The number of halogens is 2. The fraction of sp³-hybridized carbons (Fsp3) is 0.300. The molecule has 0 radical (unpaired) electrons. The lowest BCUT2D eigenvalue weighted by molar-refractivity contribution is 0.778. The van der Waals surface area contributed by atoms with Gasteiger partial charge in [-0.15, -0.1) is 11.3 Å². The molecule has 0 atom stereocenters. The molecule has 0 bridgehead atoms. The number of hydrogen-bond donors (Lipinski definition) is 1. The van der Waals surface area contributed by atoms with E-state index in [2.05, 4.69) is 20.9 Å². The number of aromatic nitrogens is 2. The van der Waals surface area contributed by atoms with Gasteiger partial charge in [-0.3, -0.25) is 0 Å². The van der Waals surface area contributed by atoms with E-state index in [0.29, 0.717) is 11.7 Å². The van der Waals surface area contributed by atoms with Crippen LogP contribution in [-0.2, 0) is 13.5 Å². The van der Waals surface area contributed by atoms with Crippen molar-refractivity contribution in [2.75, 3.05) is 6.54 Å². The number of hydrogen-bond acceptors (Lipinski definition) is 3. The molecule has 2 aromatic heterocycles. The first kappa shape index (κ1) is 12.1. The minimum Gasteiger partial charge on any atom is -0.330 e. The quantitative estimate of drug-likeness (QED) is 0.944. The third-order valence-electron chi connectivity index (χ3n) is 2.29. The lowest BCUT2D eigenvalue weighted by Gasteiger charge is -1.98. The van der Waals surface area contributed by atoms with Crippen molar-refractivity contribution in [2.24, 2.45) is 12.8 Å². The standard InChI is InChI=1S/C10H11BrClN3S/c1-15-8(2-3-13)14-9(10(15)12)7-4-6(11)5-16-7/h4-5H,2-3,13H2,1H3. The maximum Gasteiger partial charge on any atom is 0.137 e. The molecule has 0 saturated heterocycles. The Morgan fingerprint density at radius 1 is 1.62 bits per heavy atom. The van der Waals surface area contributed by atoms with Gasteiger partial charge in [0.15, 0.2) is 0 Å². The highest BCUT2D eigenvalue weighted by atomic mass is 79.9. The Labute approximate surface area is 111 Å². The van der Waals surface area contributed by atoms with Crippen molar-refractivity contribution in [1.82, 2.24) is 9.55 Å². The van der Waals surface area contributed by atoms with Crippen molar-refractivity contribution < 1.29 is 0 Å². The second-order valence-electron chi connectivity index (χ2n) is 3.39. The monoisotopic (exact) mass is 319 g/mol. The summed E-state index contributed by atoms with van der Waals surface area (Å²) in [6.07, 6.45) is 0.739. The summed E-state index contributed by atoms with van der Waals surface area (Å²) in [6.45, 7) is 0.578. The van der Waals surface area contributed by atoms with Crippen molar-refractivity contribution in [3.8, 4) is 10.6 Å². The number of nitrogens with two attached hydrogens (primary N) is 1. The van der Waals surface area contributed by atoms with Crippen LogP contribution in [0.2, 0.25) is 5.15 Å². The molecule has 2 heterocycles. The Balaban J connectivity index is 2.45. The zero-order valence-corrected chi connectivity index (χ0v) is 11.9. The van der Waals surface area contributed by atoms with Crippen molar-refractivity contribution in [1.29, 1.82) is 0 Å². The Hall–Kier alpha value is -0.360. The smallest absolute Gasteiger partial charge is 0.137 e. The van der Waals surface area contributed by atoms with E-state index < -0.39 is 0 Å². The Morgan fingerprint density at radius 3 is 2.94 bits per heavy atom. The molecule has 0 fully saturated rings. The van der Waals surface area contributed by atoms with E-state index in [4.69, 9.17) is 17.3 Å².